The number of nitrogen functional groups attached to an aromatic ring is 1. The summed E-state index contributed by atoms with van der Waals surface area (Å²) in [5, 5.41) is 6.12. The van der Waals surface area contributed by atoms with Gasteiger partial charge in [-0.25, -0.2) is 9.37 Å². The first-order valence-electron chi connectivity index (χ1n) is 7.71. The second kappa shape index (κ2) is 5.81. The number of benzene rings is 2. The second-order valence-corrected chi connectivity index (χ2v) is 5.75. The van der Waals surface area contributed by atoms with Gasteiger partial charge in [0.05, 0.1) is 6.20 Å². The predicted molar refractivity (Wildman–Crippen MR) is 93.3 cm³/mol. The van der Waals surface area contributed by atoms with Crippen molar-refractivity contribution >= 4 is 28.8 Å². The molecule has 0 fully saturated rings. The van der Waals surface area contributed by atoms with Crippen LogP contribution in [0.4, 0.5) is 33.2 Å². The summed E-state index contributed by atoms with van der Waals surface area (Å²) in [5.74, 6) is -0.0489. The van der Waals surface area contributed by atoms with E-state index in [1.165, 1.54) is 5.56 Å². The fraction of sp³-hybridized carbons (Fsp3) is 0.111. The van der Waals surface area contributed by atoms with Gasteiger partial charge in [-0.3, -0.25) is 0 Å². The number of nitrogens with zero attached hydrogens (tertiary/aromatic N) is 2. The van der Waals surface area contributed by atoms with Gasteiger partial charge in [0.15, 0.2) is 11.6 Å². The normalized spacial score (nSPS) is 12.9. The van der Waals surface area contributed by atoms with Crippen LogP contribution in [-0.4, -0.2) is 9.97 Å². The number of aromatic nitrogens is 2. The van der Waals surface area contributed by atoms with Crippen LogP contribution in [-0.2, 0) is 12.8 Å². The van der Waals surface area contributed by atoms with Gasteiger partial charge >= 0.3 is 0 Å². The van der Waals surface area contributed by atoms with E-state index >= 15 is 0 Å². The van der Waals surface area contributed by atoms with Crippen LogP contribution in [0.5, 0.6) is 0 Å². The molecule has 2 aromatic carbocycles. The van der Waals surface area contributed by atoms with E-state index in [0.29, 0.717) is 5.95 Å². The van der Waals surface area contributed by atoms with Crippen molar-refractivity contribution in [1.82, 2.24) is 9.97 Å². The fourth-order valence-corrected chi connectivity index (χ4v) is 2.76. The molecule has 6 bridgehead atoms. The number of nitrogens with one attached hydrogen (secondary N) is 2. The first-order chi connectivity index (χ1) is 11.7. The van der Waals surface area contributed by atoms with Gasteiger partial charge in [-0.2, -0.15) is 4.98 Å². The molecule has 0 spiro atoms. The SMILES string of the molecule is Nc1ccc2cc1CCc1cccc(c1)Nc1ncc(F)c(n1)N2. The van der Waals surface area contributed by atoms with E-state index in [0.717, 1.165) is 41.7 Å². The van der Waals surface area contributed by atoms with Gasteiger partial charge in [0.25, 0.3) is 0 Å². The van der Waals surface area contributed by atoms with Crippen LogP contribution in [0.1, 0.15) is 11.1 Å². The van der Waals surface area contributed by atoms with Crippen LogP contribution in [0, 0.1) is 5.82 Å². The Balaban J connectivity index is 1.84. The summed E-state index contributed by atoms with van der Waals surface area (Å²) < 4.78 is 14.0. The average Bonchev–Trinajstić information content (AvgIpc) is 2.58. The smallest absolute Gasteiger partial charge is 0.229 e. The summed E-state index contributed by atoms with van der Waals surface area (Å²) in [6, 6.07) is 13.6. The minimum atomic E-state index is -0.512. The van der Waals surface area contributed by atoms with Gasteiger partial charge in [-0.15, -0.1) is 0 Å². The van der Waals surface area contributed by atoms with Gasteiger partial charge < -0.3 is 16.4 Å². The molecular formula is C18H16FN5. The van der Waals surface area contributed by atoms with Crippen molar-refractivity contribution in [1.29, 1.82) is 0 Å². The molecule has 0 radical (unpaired) electrons. The minimum Gasteiger partial charge on any atom is -0.399 e. The summed E-state index contributed by atoms with van der Waals surface area (Å²) in [6.45, 7) is 0. The van der Waals surface area contributed by atoms with Gasteiger partial charge in [-0.05, 0) is 54.3 Å². The Morgan fingerprint density at radius 2 is 1.88 bits per heavy atom. The maximum Gasteiger partial charge on any atom is 0.229 e. The molecule has 0 unspecified atom stereocenters. The highest BCUT2D eigenvalue weighted by atomic mass is 19.1. The van der Waals surface area contributed by atoms with E-state index in [9.17, 15) is 4.39 Å². The highest BCUT2D eigenvalue weighted by Crippen LogP contribution is 2.26. The van der Waals surface area contributed by atoms with Crippen molar-refractivity contribution in [3.63, 3.8) is 0 Å². The van der Waals surface area contributed by atoms with Crippen LogP contribution >= 0.6 is 0 Å². The molecule has 1 aromatic heterocycles. The van der Waals surface area contributed by atoms with Gasteiger partial charge in [0.2, 0.25) is 5.95 Å². The molecule has 4 rings (SSSR count). The molecular weight excluding hydrogens is 305 g/mol. The standard InChI is InChI=1S/C18H16FN5/c19-15-10-21-18-23-13-3-1-2-11(8-13)4-5-12-9-14(6-7-16(12)20)22-17(15)24-18/h1-3,6-10H,4-5,20H2,(H2,21,22,23,24). The monoisotopic (exact) mass is 321 g/mol. The molecule has 4 N–H and O–H groups in total. The van der Waals surface area contributed by atoms with Crippen molar-refractivity contribution in [3.05, 3.63) is 65.6 Å². The van der Waals surface area contributed by atoms with Gasteiger partial charge in [-0.1, -0.05) is 12.1 Å². The Morgan fingerprint density at radius 1 is 1.00 bits per heavy atom. The van der Waals surface area contributed by atoms with Crippen molar-refractivity contribution in [2.45, 2.75) is 12.8 Å². The number of nitrogens with two attached hydrogens (primary N) is 1. The lowest BCUT2D eigenvalue weighted by Crippen LogP contribution is -2.03. The Labute approximate surface area is 138 Å². The number of halogens is 1. The third kappa shape index (κ3) is 2.86. The minimum absolute atomic E-state index is 0.124. The molecule has 0 saturated carbocycles. The lowest BCUT2D eigenvalue weighted by molar-refractivity contribution is 0.619. The van der Waals surface area contributed by atoms with E-state index in [1.807, 2.05) is 36.4 Å². The van der Waals surface area contributed by atoms with E-state index in [2.05, 4.69) is 26.7 Å². The Bertz CT molecular complexity index is 910. The van der Waals surface area contributed by atoms with E-state index in [-0.39, 0.29) is 5.82 Å². The van der Waals surface area contributed by atoms with Crippen molar-refractivity contribution in [2.24, 2.45) is 0 Å². The molecule has 0 amide bonds. The molecule has 0 atom stereocenters. The number of anilines is 5. The van der Waals surface area contributed by atoms with E-state index < -0.39 is 5.82 Å². The molecule has 2 heterocycles. The molecule has 1 aliphatic rings. The van der Waals surface area contributed by atoms with Crippen molar-refractivity contribution in [3.8, 4) is 0 Å². The van der Waals surface area contributed by atoms with Crippen molar-refractivity contribution in [2.75, 3.05) is 16.4 Å². The number of fused-ring (bicyclic) bond motifs is 6. The second-order valence-electron chi connectivity index (χ2n) is 5.75. The summed E-state index contributed by atoms with van der Waals surface area (Å²) in [6.07, 6.45) is 2.81. The zero-order valence-corrected chi connectivity index (χ0v) is 12.9. The van der Waals surface area contributed by atoms with Crippen LogP contribution in [0.15, 0.2) is 48.7 Å². The molecule has 3 aromatic rings. The number of aryl methyl sites for hydroxylation is 2. The lowest BCUT2D eigenvalue weighted by Gasteiger charge is -2.11. The highest BCUT2D eigenvalue weighted by molar-refractivity contribution is 5.64. The first kappa shape index (κ1) is 14.4. The number of hydrogen-bond donors (Lipinski definition) is 3. The summed E-state index contributed by atoms with van der Waals surface area (Å²) in [5.41, 5.74) is 10.6. The molecule has 120 valence electrons. The topological polar surface area (TPSA) is 75.9 Å². The third-order valence-electron chi connectivity index (χ3n) is 4.02. The molecule has 0 aliphatic carbocycles. The van der Waals surface area contributed by atoms with Crippen LogP contribution in [0.2, 0.25) is 0 Å². The first-order valence-corrected chi connectivity index (χ1v) is 7.71. The summed E-state index contributed by atoms with van der Waals surface area (Å²) in [7, 11) is 0. The number of rotatable bonds is 0. The predicted octanol–water partition coefficient (Wildman–Crippen LogP) is 3.78. The Kier molecular flexibility index (Phi) is 3.49. The highest BCUT2D eigenvalue weighted by Gasteiger charge is 2.11. The van der Waals surface area contributed by atoms with E-state index in [4.69, 9.17) is 5.73 Å². The van der Waals surface area contributed by atoms with Crippen LogP contribution in [0.3, 0.4) is 0 Å². The summed E-state index contributed by atoms with van der Waals surface area (Å²) in [4.78, 5) is 8.23. The fourth-order valence-electron chi connectivity index (χ4n) is 2.76. The van der Waals surface area contributed by atoms with Crippen LogP contribution < -0.4 is 16.4 Å². The molecule has 5 nitrogen and oxygen atoms in total. The zero-order valence-electron chi connectivity index (χ0n) is 12.9. The zero-order chi connectivity index (χ0) is 16.5. The Morgan fingerprint density at radius 3 is 2.79 bits per heavy atom. The van der Waals surface area contributed by atoms with Crippen molar-refractivity contribution < 1.29 is 4.39 Å². The largest absolute Gasteiger partial charge is 0.399 e. The maximum atomic E-state index is 14.0. The molecule has 24 heavy (non-hydrogen) atoms. The molecule has 0 saturated heterocycles. The Hall–Kier alpha value is -3.15. The maximum absolute atomic E-state index is 14.0. The van der Waals surface area contributed by atoms with Gasteiger partial charge in [0.1, 0.15) is 0 Å². The molecule has 6 heteroatoms. The average molecular weight is 321 g/mol. The third-order valence-corrected chi connectivity index (χ3v) is 4.02. The van der Waals surface area contributed by atoms with Gasteiger partial charge in [0, 0.05) is 17.1 Å². The van der Waals surface area contributed by atoms with Crippen LogP contribution in [0.25, 0.3) is 0 Å². The number of hydrogen-bond acceptors (Lipinski definition) is 5. The molecule has 1 aliphatic heterocycles. The summed E-state index contributed by atoms with van der Waals surface area (Å²) >= 11 is 0. The van der Waals surface area contributed by atoms with E-state index in [1.54, 1.807) is 0 Å². The lowest BCUT2D eigenvalue weighted by atomic mass is 10.0. The quantitative estimate of drug-likeness (QED) is 0.549.